The number of nitro benzene ring substituents is 1. The normalized spacial score (nSPS) is 24.8. The van der Waals surface area contributed by atoms with E-state index in [1.54, 1.807) is 24.0 Å². The number of carbonyl (C=O) groups is 3. The Hall–Kier alpha value is -3.23. The highest BCUT2D eigenvalue weighted by Crippen LogP contribution is 2.36. The first-order chi connectivity index (χ1) is 14.4. The monoisotopic (exact) mass is 412 g/mol. The van der Waals surface area contributed by atoms with Crippen LogP contribution in [-0.2, 0) is 14.4 Å². The first kappa shape index (κ1) is 20.1. The summed E-state index contributed by atoms with van der Waals surface area (Å²) in [6.07, 6.45) is 4.97. The van der Waals surface area contributed by atoms with Crippen molar-refractivity contribution in [2.45, 2.75) is 25.8 Å². The lowest BCUT2D eigenvalue weighted by Crippen LogP contribution is -2.55. The maximum absolute atomic E-state index is 13.0. The molecule has 1 aliphatic carbocycles. The molecule has 0 aromatic heterocycles. The number of nitro groups is 1. The van der Waals surface area contributed by atoms with Gasteiger partial charge in [-0.25, -0.2) is 0 Å². The van der Waals surface area contributed by atoms with Crippen LogP contribution in [0, 0.1) is 22.0 Å². The van der Waals surface area contributed by atoms with Gasteiger partial charge in [-0.3, -0.25) is 29.4 Å². The number of anilines is 1. The van der Waals surface area contributed by atoms with Crippen LogP contribution in [0.15, 0.2) is 36.4 Å². The molecule has 3 amide bonds. The van der Waals surface area contributed by atoms with Crippen LogP contribution in [0.1, 0.15) is 19.8 Å². The van der Waals surface area contributed by atoms with Crippen molar-refractivity contribution in [1.82, 2.24) is 9.80 Å². The maximum atomic E-state index is 13.0. The molecule has 0 saturated carbocycles. The van der Waals surface area contributed by atoms with E-state index in [-0.39, 0.29) is 35.2 Å². The Morgan fingerprint density at radius 1 is 1.00 bits per heavy atom. The van der Waals surface area contributed by atoms with Crippen molar-refractivity contribution in [3.05, 3.63) is 46.5 Å². The molecule has 0 radical (unpaired) electrons. The van der Waals surface area contributed by atoms with Gasteiger partial charge in [0.25, 0.3) is 5.69 Å². The van der Waals surface area contributed by atoms with Crippen LogP contribution in [0.4, 0.5) is 11.4 Å². The molecule has 4 rings (SSSR count). The van der Waals surface area contributed by atoms with Crippen molar-refractivity contribution in [1.29, 1.82) is 0 Å². The van der Waals surface area contributed by atoms with Crippen molar-refractivity contribution in [3.63, 3.8) is 0 Å². The number of fused-ring (bicyclic) bond motifs is 1. The fraction of sp³-hybridized carbons (Fsp3) is 0.476. The van der Waals surface area contributed by atoms with Crippen LogP contribution >= 0.6 is 0 Å². The molecule has 1 aromatic rings. The summed E-state index contributed by atoms with van der Waals surface area (Å²) in [5, 5.41) is 10.8. The van der Waals surface area contributed by atoms with Gasteiger partial charge in [-0.05, 0) is 31.9 Å². The molecule has 2 fully saturated rings. The van der Waals surface area contributed by atoms with Crippen molar-refractivity contribution >= 4 is 29.1 Å². The zero-order valence-electron chi connectivity index (χ0n) is 16.8. The fourth-order valence-corrected chi connectivity index (χ4v) is 4.55. The van der Waals surface area contributed by atoms with Gasteiger partial charge in [0.1, 0.15) is 6.04 Å². The molecule has 30 heavy (non-hydrogen) atoms. The lowest BCUT2D eigenvalue weighted by atomic mass is 9.85. The fourth-order valence-electron chi connectivity index (χ4n) is 4.55. The molecule has 9 heteroatoms. The van der Waals surface area contributed by atoms with Crippen LogP contribution < -0.4 is 4.90 Å². The topological polar surface area (TPSA) is 104 Å². The van der Waals surface area contributed by atoms with E-state index in [1.165, 1.54) is 17.0 Å². The maximum Gasteiger partial charge on any atom is 0.269 e. The summed E-state index contributed by atoms with van der Waals surface area (Å²) >= 11 is 0. The highest BCUT2D eigenvalue weighted by Gasteiger charge is 2.50. The third kappa shape index (κ3) is 3.44. The minimum Gasteiger partial charge on any atom is -0.368 e. The third-order valence-electron chi connectivity index (χ3n) is 6.30. The van der Waals surface area contributed by atoms with Crippen molar-refractivity contribution in [2.24, 2.45) is 11.8 Å². The van der Waals surface area contributed by atoms with Crippen LogP contribution in [0.5, 0.6) is 0 Å². The van der Waals surface area contributed by atoms with Crippen molar-refractivity contribution < 1.29 is 19.3 Å². The zero-order valence-corrected chi connectivity index (χ0v) is 16.8. The highest BCUT2D eigenvalue weighted by atomic mass is 16.6. The van der Waals surface area contributed by atoms with Gasteiger partial charge in [0.15, 0.2) is 0 Å². The molecule has 2 heterocycles. The standard InChI is InChI=1S/C21H24N4O5/c1-14(24-20(27)17-4-2-3-5-18(17)21(24)28)19(26)23-12-10-22(11-13-23)15-6-8-16(9-7-15)25(29)30/h2-3,6-9,14,17-18H,4-5,10-13H2,1H3/t14-,17?,18?/m0/s1. The third-order valence-corrected chi connectivity index (χ3v) is 6.30. The summed E-state index contributed by atoms with van der Waals surface area (Å²) in [6.45, 7) is 3.71. The number of carbonyl (C=O) groups excluding carboxylic acids is 3. The number of likely N-dealkylation sites (tertiary alicyclic amines) is 1. The Bertz CT molecular complexity index is 878. The minimum atomic E-state index is -0.804. The van der Waals surface area contributed by atoms with Gasteiger partial charge < -0.3 is 9.80 Å². The predicted molar refractivity (Wildman–Crippen MR) is 109 cm³/mol. The molecule has 0 N–H and O–H groups in total. The van der Waals surface area contributed by atoms with E-state index in [2.05, 4.69) is 4.90 Å². The summed E-state index contributed by atoms with van der Waals surface area (Å²) < 4.78 is 0. The number of imide groups is 1. The minimum absolute atomic E-state index is 0.0390. The van der Waals surface area contributed by atoms with Gasteiger partial charge >= 0.3 is 0 Å². The zero-order chi connectivity index (χ0) is 21.4. The lowest BCUT2D eigenvalue weighted by molar-refractivity contribution is -0.384. The summed E-state index contributed by atoms with van der Waals surface area (Å²) in [6, 6.07) is 5.54. The van der Waals surface area contributed by atoms with E-state index in [1.807, 2.05) is 12.2 Å². The molecular weight excluding hydrogens is 388 g/mol. The Kier molecular flexibility index (Phi) is 5.27. The number of hydrogen-bond acceptors (Lipinski definition) is 6. The van der Waals surface area contributed by atoms with Crippen LogP contribution in [0.2, 0.25) is 0 Å². The van der Waals surface area contributed by atoms with E-state index in [0.29, 0.717) is 39.0 Å². The van der Waals surface area contributed by atoms with Gasteiger partial charge in [0, 0.05) is 44.0 Å². The summed E-state index contributed by atoms with van der Waals surface area (Å²) in [7, 11) is 0. The van der Waals surface area contributed by atoms with Gasteiger partial charge in [-0.2, -0.15) is 0 Å². The second kappa shape index (κ2) is 7.89. The number of rotatable bonds is 4. The van der Waals surface area contributed by atoms with Crippen LogP contribution in [0.3, 0.4) is 0 Å². The smallest absolute Gasteiger partial charge is 0.269 e. The number of non-ortho nitro benzene ring substituents is 1. The number of amides is 3. The van der Waals surface area contributed by atoms with E-state index >= 15 is 0 Å². The van der Waals surface area contributed by atoms with Crippen molar-refractivity contribution in [3.8, 4) is 0 Å². The average molecular weight is 412 g/mol. The van der Waals surface area contributed by atoms with E-state index in [9.17, 15) is 24.5 Å². The summed E-state index contributed by atoms with van der Waals surface area (Å²) in [4.78, 5) is 53.8. The molecule has 2 saturated heterocycles. The van der Waals surface area contributed by atoms with E-state index < -0.39 is 11.0 Å². The molecule has 2 unspecified atom stereocenters. The SMILES string of the molecule is C[C@@H](C(=O)N1CCN(c2ccc([N+](=O)[O-])cc2)CC1)N1C(=O)C2CC=CCC2C1=O. The number of allylic oxidation sites excluding steroid dienone is 2. The highest BCUT2D eigenvalue weighted by molar-refractivity contribution is 6.08. The molecule has 2 aliphatic heterocycles. The Labute approximate surface area is 174 Å². The van der Waals surface area contributed by atoms with Crippen molar-refractivity contribution in [2.75, 3.05) is 31.1 Å². The molecule has 3 atom stereocenters. The number of nitrogens with zero attached hydrogens (tertiary/aromatic N) is 4. The number of benzene rings is 1. The van der Waals surface area contributed by atoms with Gasteiger partial charge in [0.05, 0.1) is 16.8 Å². The Morgan fingerprint density at radius 2 is 1.53 bits per heavy atom. The van der Waals surface area contributed by atoms with Gasteiger partial charge in [0.2, 0.25) is 17.7 Å². The van der Waals surface area contributed by atoms with E-state index in [4.69, 9.17) is 0 Å². The molecule has 3 aliphatic rings. The summed E-state index contributed by atoms with van der Waals surface area (Å²) in [5.74, 6) is -1.36. The molecular formula is C21H24N4O5. The molecule has 9 nitrogen and oxygen atoms in total. The molecule has 0 bridgehead atoms. The Balaban J connectivity index is 1.37. The second-order valence-electron chi connectivity index (χ2n) is 7.96. The first-order valence-electron chi connectivity index (χ1n) is 10.2. The largest absolute Gasteiger partial charge is 0.368 e. The molecule has 158 valence electrons. The molecule has 0 spiro atoms. The predicted octanol–water partition coefficient (Wildman–Crippen LogP) is 1.58. The second-order valence-corrected chi connectivity index (χ2v) is 7.96. The number of piperazine rings is 1. The van der Waals surface area contributed by atoms with Gasteiger partial charge in [-0.1, -0.05) is 12.2 Å². The average Bonchev–Trinajstić information content (AvgIpc) is 3.03. The Morgan fingerprint density at radius 3 is 2.03 bits per heavy atom. The van der Waals surface area contributed by atoms with Gasteiger partial charge in [-0.15, -0.1) is 0 Å². The summed E-state index contributed by atoms with van der Waals surface area (Å²) in [5.41, 5.74) is 0.902. The molecule has 1 aromatic carbocycles. The quantitative estimate of drug-likeness (QED) is 0.322. The van der Waals surface area contributed by atoms with Crippen LogP contribution in [-0.4, -0.2) is 64.7 Å². The first-order valence-corrected chi connectivity index (χ1v) is 10.2. The lowest BCUT2D eigenvalue weighted by Gasteiger charge is -2.38. The van der Waals surface area contributed by atoms with E-state index in [0.717, 1.165) is 5.69 Å². The number of hydrogen-bond donors (Lipinski definition) is 0. The van der Waals surface area contributed by atoms with Crippen LogP contribution in [0.25, 0.3) is 0 Å².